The summed E-state index contributed by atoms with van der Waals surface area (Å²) in [7, 11) is 1.69. The Bertz CT molecular complexity index is 342. The molecule has 0 unspecified atom stereocenters. The highest BCUT2D eigenvalue weighted by Gasteiger charge is 2.18. The van der Waals surface area contributed by atoms with Crippen molar-refractivity contribution in [3.05, 3.63) is 29.3 Å². The molecule has 0 aliphatic rings. The second-order valence-corrected chi connectivity index (χ2v) is 4.87. The predicted molar refractivity (Wildman–Crippen MR) is 65.6 cm³/mol. The first-order valence-corrected chi connectivity index (χ1v) is 5.48. The molecule has 3 nitrogen and oxygen atoms in total. The Labute approximate surface area is 97.4 Å². The minimum Gasteiger partial charge on any atom is -0.496 e. The normalized spacial score (nSPS) is 11.6. The summed E-state index contributed by atoms with van der Waals surface area (Å²) in [6.45, 7) is 7.15. The molecule has 2 N–H and O–H groups in total. The van der Waals surface area contributed by atoms with E-state index in [1.54, 1.807) is 7.11 Å². The monoisotopic (exact) mass is 223 g/mol. The van der Waals surface area contributed by atoms with Crippen LogP contribution in [0.25, 0.3) is 0 Å². The fraction of sp³-hybridized carbons (Fsp3) is 0.538. The highest BCUT2D eigenvalue weighted by atomic mass is 16.5. The number of methoxy groups -OCH3 is 1. The van der Waals surface area contributed by atoms with E-state index in [0.717, 1.165) is 11.3 Å². The van der Waals surface area contributed by atoms with E-state index in [0.29, 0.717) is 6.54 Å². The van der Waals surface area contributed by atoms with Crippen LogP contribution in [0.3, 0.4) is 0 Å². The van der Waals surface area contributed by atoms with Gasteiger partial charge in [0.2, 0.25) is 0 Å². The third-order valence-electron chi connectivity index (χ3n) is 2.51. The van der Waals surface area contributed by atoms with Gasteiger partial charge < -0.3 is 9.84 Å². The Kier molecular flexibility index (Phi) is 4.33. The van der Waals surface area contributed by atoms with Crippen LogP contribution in [0.4, 0.5) is 0 Å². The lowest BCUT2D eigenvalue weighted by Crippen LogP contribution is -2.16. The van der Waals surface area contributed by atoms with Gasteiger partial charge in [-0.25, -0.2) is 0 Å². The molecule has 0 saturated heterocycles. The summed E-state index contributed by atoms with van der Waals surface area (Å²) in [4.78, 5) is 0. The lowest BCUT2D eigenvalue weighted by Gasteiger charge is -2.23. The maximum atomic E-state index is 8.72. The molecule has 0 radical (unpaired) electrons. The summed E-state index contributed by atoms with van der Waals surface area (Å²) in [5, 5.41) is 11.6. The van der Waals surface area contributed by atoms with Crippen molar-refractivity contribution in [2.24, 2.45) is 0 Å². The van der Waals surface area contributed by atoms with Gasteiger partial charge in [-0.3, -0.25) is 5.32 Å². The third-order valence-corrected chi connectivity index (χ3v) is 2.51. The number of ether oxygens (including phenoxy) is 1. The van der Waals surface area contributed by atoms with Crippen molar-refractivity contribution in [2.75, 3.05) is 13.8 Å². The third kappa shape index (κ3) is 3.22. The van der Waals surface area contributed by atoms with Gasteiger partial charge in [0.25, 0.3) is 0 Å². The fourth-order valence-electron chi connectivity index (χ4n) is 1.65. The summed E-state index contributed by atoms with van der Waals surface area (Å²) in [6, 6.07) is 6.12. The molecule has 3 heteroatoms. The van der Waals surface area contributed by atoms with E-state index >= 15 is 0 Å². The zero-order valence-corrected chi connectivity index (χ0v) is 10.5. The first-order valence-electron chi connectivity index (χ1n) is 5.48. The molecule has 1 rings (SSSR count). The van der Waals surface area contributed by atoms with Crippen LogP contribution in [0.2, 0.25) is 0 Å². The van der Waals surface area contributed by atoms with Gasteiger partial charge >= 0.3 is 0 Å². The van der Waals surface area contributed by atoms with Gasteiger partial charge in [-0.2, -0.15) is 0 Å². The van der Waals surface area contributed by atoms with Crippen molar-refractivity contribution in [1.29, 1.82) is 0 Å². The van der Waals surface area contributed by atoms with E-state index in [4.69, 9.17) is 9.84 Å². The molecule has 1 aromatic rings. The molecule has 16 heavy (non-hydrogen) atoms. The van der Waals surface area contributed by atoms with Gasteiger partial charge in [0.1, 0.15) is 5.75 Å². The molecule has 0 spiro atoms. The molecule has 0 heterocycles. The summed E-state index contributed by atoms with van der Waals surface area (Å²) in [6.07, 6.45) is 0. The molecule has 1 aromatic carbocycles. The Morgan fingerprint density at radius 1 is 1.31 bits per heavy atom. The SMILES string of the molecule is COc1ccc(CNCO)cc1C(C)(C)C. The van der Waals surface area contributed by atoms with Crippen molar-refractivity contribution in [2.45, 2.75) is 32.7 Å². The Morgan fingerprint density at radius 3 is 2.50 bits per heavy atom. The van der Waals surface area contributed by atoms with Gasteiger partial charge in [0, 0.05) is 6.54 Å². The van der Waals surface area contributed by atoms with E-state index in [9.17, 15) is 0 Å². The van der Waals surface area contributed by atoms with E-state index in [2.05, 4.69) is 32.2 Å². The summed E-state index contributed by atoms with van der Waals surface area (Å²) in [5.74, 6) is 0.917. The van der Waals surface area contributed by atoms with E-state index < -0.39 is 0 Å². The number of aliphatic hydroxyl groups excluding tert-OH is 1. The minimum atomic E-state index is -0.00309. The molecule has 0 saturated carbocycles. The van der Waals surface area contributed by atoms with Crippen molar-refractivity contribution in [3.8, 4) is 5.75 Å². The molecule has 0 amide bonds. The number of benzene rings is 1. The van der Waals surface area contributed by atoms with Gasteiger partial charge in [0.15, 0.2) is 0 Å². The second kappa shape index (κ2) is 5.32. The van der Waals surface area contributed by atoms with Crippen LogP contribution in [0, 0.1) is 0 Å². The predicted octanol–water partition coefficient (Wildman–Crippen LogP) is 2.03. The molecular weight excluding hydrogens is 202 g/mol. The maximum Gasteiger partial charge on any atom is 0.122 e. The lowest BCUT2D eigenvalue weighted by molar-refractivity contribution is 0.259. The van der Waals surface area contributed by atoms with Crippen LogP contribution in [-0.2, 0) is 12.0 Å². The second-order valence-electron chi connectivity index (χ2n) is 4.87. The van der Waals surface area contributed by atoms with Gasteiger partial charge in [-0.15, -0.1) is 0 Å². The van der Waals surface area contributed by atoms with Crippen molar-refractivity contribution >= 4 is 0 Å². The highest BCUT2D eigenvalue weighted by molar-refractivity contribution is 5.41. The zero-order chi connectivity index (χ0) is 12.2. The Balaban J connectivity index is 3.02. The van der Waals surface area contributed by atoms with Crippen LogP contribution >= 0.6 is 0 Å². The number of aliphatic hydroxyl groups is 1. The summed E-state index contributed by atoms with van der Waals surface area (Å²) >= 11 is 0. The first kappa shape index (κ1) is 13.0. The molecular formula is C13H21NO2. The molecule has 0 aliphatic heterocycles. The quantitative estimate of drug-likeness (QED) is 0.767. The first-order chi connectivity index (χ1) is 7.49. The van der Waals surface area contributed by atoms with E-state index in [1.165, 1.54) is 5.56 Å². The van der Waals surface area contributed by atoms with Crippen LogP contribution in [-0.4, -0.2) is 18.9 Å². The molecule has 0 atom stereocenters. The molecule has 90 valence electrons. The largest absolute Gasteiger partial charge is 0.496 e. The van der Waals surface area contributed by atoms with Crippen molar-refractivity contribution in [1.82, 2.24) is 5.32 Å². The van der Waals surface area contributed by atoms with Crippen LogP contribution in [0.1, 0.15) is 31.9 Å². The van der Waals surface area contributed by atoms with Crippen LogP contribution < -0.4 is 10.1 Å². The number of hydrogen-bond acceptors (Lipinski definition) is 3. The van der Waals surface area contributed by atoms with Gasteiger partial charge in [0.05, 0.1) is 13.8 Å². The van der Waals surface area contributed by atoms with Crippen LogP contribution in [0.5, 0.6) is 5.75 Å². The topological polar surface area (TPSA) is 41.5 Å². The molecule has 0 bridgehead atoms. The van der Waals surface area contributed by atoms with E-state index in [1.807, 2.05) is 12.1 Å². The fourth-order valence-corrected chi connectivity index (χ4v) is 1.65. The average Bonchev–Trinajstić information content (AvgIpc) is 2.24. The zero-order valence-electron chi connectivity index (χ0n) is 10.5. The molecule has 0 aliphatic carbocycles. The average molecular weight is 223 g/mol. The molecule has 0 aromatic heterocycles. The van der Waals surface area contributed by atoms with E-state index in [-0.39, 0.29) is 12.1 Å². The Morgan fingerprint density at radius 2 is 2.00 bits per heavy atom. The van der Waals surface area contributed by atoms with Crippen molar-refractivity contribution < 1.29 is 9.84 Å². The minimum absolute atomic E-state index is 0.00309. The number of hydrogen-bond donors (Lipinski definition) is 2. The van der Waals surface area contributed by atoms with Crippen molar-refractivity contribution in [3.63, 3.8) is 0 Å². The van der Waals surface area contributed by atoms with Gasteiger partial charge in [-0.05, 0) is 22.6 Å². The highest BCUT2D eigenvalue weighted by Crippen LogP contribution is 2.31. The number of rotatable bonds is 4. The summed E-state index contributed by atoms with van der Waals surface area (Å²) in [5.41, 5.74) is 2.40. The molecule has 0 fully saturated rings. The summed E-state index contributed by atoms with van der Waals surface area (Å²) < 4.78 is 5.36. The Hall–Kier alpha value is -1.06. The smallest absolute Gasteiger partial charge is 0.122 e. The van der Waals surface area contributed by atoms with Gasteiger partial charge in [-0.1, -0.05) is 32.9 Å². The van der Waals surface area contributed by atoms with Crippen LogP contribution in [0.15, 0.2) is 18.2 Å². The standard InChI is InChI=1S/C13H21NO2/c1-13(2,3)11-7-10(8-14-9-15)5-6-12(11)16-4/h5-7,14-15H,8-9H2,1-4H3. The lowest BCUT2D eigenvalue weighted by atomic mass is 9.85. The maximum absolute atomic E-state index is 8.72. The number of nitrogens with one attached hydrogen (secondary N) is 1.